The number of carbonyl (C=O) groups excluding carboxylic acids is 2. The van der Waals surface area contributed by atoms with Crippen LogP contribution in [0, 0.1) is 11.8 Å². The van der Waals surface area contributed by atoms with Crippen molar-refractivity contribution in [2.45, 2.75) is 90.4 Å². The monoisotopic (exact) mass is 531 g/mol. The van der Waals surface area contributed by atoms with Gasteiger partial charge >= 0.3 is 0 Å². The number of likely N-dealkylation sites (N-methyl/N-ethyl adjacent to an activating group) is 1. The summed E-state index contributed by atoms with van der Waals surface area (Å²) in [4.78, 5) is 30.9. The fraction of sp³-hybridized carbons (Fsp3) is 0.733. The van der Waals surface area contributed by atoms with Crippen molar-refractivity contribution in [2.75, 3.05) is 45.7 Å². The van der Waals surface area contributed by atoms with Crippen molar-refractivity contribution >= 4 is 17.5 Å². The lowest BCUT2D eigenvalue weighted by Crippen LogP contribution is -2.47. The first-order valence-electron chi connectivity index (χ1n) is 14.5. The quantitative estimate of drug-likeness (QED) is 0.559. The third-order valence-corrected chi connectivity index (χ3v) is 7.84. The highest BCUT2D eigenvalue weighted by molar-refractivity contribution is 6.00. The lowest BCUT2D eigenvalue weighted by atomic mass is 9.88. The summed E-state index contributed by atoms with van der Waals surface area (Å²) < 4.78 is 12.6. The van der Waals surface area contributed by atoms with E-state index in [4.69, 9.17) is 9.47 Å². The van der Waals surface area contributed by atoms with Crippen LogP contribution in [0.3, 0.4) is 0 Å². The van der Waals surface area contributed by atoms with Gasteiger partial charge in [0.05, 0.1) is 30.4 Å². The van der Waals surface area contributed by atoms with E-state index in [0.717, 1.165) is 51.5 Å². The molecule has 214 valence electrons. The zero-order valence-corrected chi connectivity index (χ0v) is 24.1. The Hall–Kier alpha value is -2.16. The maximum absolute atomic E-state index is 14.1. The van der Waals surface area contributed by atoms with Crippen LogP contribution in [-0.2, 0) is 9.53 Å². The second-order valence-corrected chi connectivity index (χ2v) is 11.6. The van der Waals surface area contributed by atoms with E-state index in [1.54, 1.807) is 17.0 Å². The summed E-state index contributed by atoms with van der Waals surface area (Å²) in [7, 11) is 4.05. The number of amides is 2. The zero-order chi connectivity index (χ0) is 27.7. The van der Waals surface area contributed by atoms with Crippen molar-refractivity contribution in [3.63, 3.8) is 0 Å². The highest BCUT2D eigenvalue weighted by Gasteiger charge is 2.30. The molecular formula is C30H49N3O5. The smallest absolute Gasteiger partial charge is 0.258 e. The van der Waals surface area contributed by atoms with E-state index >= 15 is 0 Å². The number of nitrogens with zero attached hydrogens (tertiary/aromatic N) is 2. The maximum Gasteiger partial charge on any atom is 0.258 e. The second kappa shape index (κ2) is 14.8. The van der Waals surface area contributed by atoms with Gasteiger partial charge in [-0.15, -0.1) is 0 Å². The first-order valence-corrected chi connectivity index (χ1v) is 14.5. The van der Waals surface area contributed by atoms with Gasteiger partial charge in [-0.3, -0.25) is 9.59 Å². The Morgan fingerprint density at radius 3 is 2.53 bits per heavy atom. The van der Waals surface area contributed by atoms with E-state index < -0.39 is 0 Å². The Balaban J connectivity index is 1.94. The number of hydrogen-bond acceptors (Lipinski definition) is 6. The van der Waals surface area contributed by atoms with Crippen LogP contribution in [0.5, 0.6) is 5.75 Å². The summed E-state index contributed by atoms with van der Waals surface area (Å²) in [5.41, 5.74) is 1.01. The SMILES string of the molecule is C[C@@H]1CCCCO[C@H](CN(C)C)[C@H](C)CN([C@@H](C)CO)C(=O)c2cc(NC(=O)C3CCCCC3)ccc2O1. The molecule has 1 fully saturated rings. The minimum absolute atomic E-state index is 0.0183. The first-order chi connectivity index (χ1) is 18.2. The van der Waals surface area contributed by atoms with E-state index in [2.05, 4.69) is 17.1 Å². The lowest BCUT2D eigenvalue weighted by molar-refractivity contribution is -0.120. The molecule has 1 aliphatic carbocycles. The standard InChI is InChI=1S/C30H49N3O5/c1-21-18-33(22(2)20-34)30(36)26-17-25(31-29(35)24-12-7-6-8-13-24)14-15-27(26)38-23(3)11-9-10-16-37-28(21)19-32(4)5/h14-15,17,21-24,28,34H,6-13,16,18-20H2,1-5H3,(H,31,35)/t21-,22+,23-,28-/m1/s1. The summed E-state index contributed by atoms with van der Waals surface area (Å²) in [5, 5.41) is 13.1. The molecule has 0 aromatic heterocycles. The largest absolute Gasteiger partial charge is 0.490 e. The van der Waals surface area contributed by atoms with Gasteiger partial charge in [-0.1, -0.05) is 26.2 Å². The number of anilines is 1. The predicted octanol–water partition coefficient (Wildman–Crippen LogP) is 4.56. The molecule has 8 nitrogen and oxygen atoms in total. The summed E-state index contributed by atoms with van der Waals surface area (Å²) in [6.07, 6.45) is 7.81. The molecule has 2 N–H and O–H groups in total. The van der Waals surface area contributed by atoms with Crippen LogP contribution in [0.15, 0.2) is 18.2 Å². The van der Waals surface area contributed by atoms with Crippen molar-refractivity contribution < 1.29 is 24.2 Å². The number of aliphatic hydroxyl groups excluding tert-OH is 1. The molecule has 1 saturated carbocycles. The predicted molar refractivity (Wildman–Crippen MR) is 151 cm³/mol. The summed E-state index contributed by atoms with van der Waals surface area (Å²) in [5.74, 6) is 0.389. The molecular weight excluding hydrogens is 482 g/mol. The molecule has 8 heteroatoms. The van der Waals surface area contributed by atoms with Crippen LogP contribution < -0.4 is 10.1 Å². The van der Waals surface area contributed by atoms with E-state index in [-0.39, 0.29) is 48.5 Å². The molecule has 3 rings (SSSR count). The maximum atomic E-state index is 14.1. The van der Waals surface area contributed by atoms with Crippen LogP contribution in [-0.4, -0.2) is 85.4 Å². The van der Waals surface area contributed by atoms with Gasteiger partial charge in [-0.05, 0) is 78.2 Å². The topological polar surface area (TPSA) is 91.3 Å². The molecule has 1 aromatic rings. The minimum atomic E-state index is -0.386. The summed E-state index contributed by atoms with van der Waals surface area (Å²) >= 11 is 0. The van der Waals surface area contributed by atoms with Gasteiger partial charge in [0.1, 0.15) is 5.75 Å². The van der Waals surface area contributed by atoms with E-state index in [9.17, 15) is 14.7 Å². The molecule has 0 saturated heterocycles. The number of nitrogens with one attached hydrogen (secondary N) is 1. The van der Waals surface area contributed by atoms with Gasteiger partial charge in [0, 0.05) is 37.2 Å². The Bertz CT molecular complexity index is 902. The molecule has 0 radical (unpaired) electrons. The van der Waals surface area contributed by atoms with Crippen molar-refractivity contribution in [1.29, 1.82) is 0 Å². The van der Waals surface area contributed by atoms with E-state index in [1.807, 2.05) is 34.0 Å². The number of carbonyl (C=O) groups is 2. The van der Waals surface area contributed by atoms with Crippen molar-refractivity contribution in [3.05, 3.63) is 23.8 Å². The molecule has 4 atom stereocenters. The van der Waals surface area contributed by atoms with Crippen molar-refractivity contribution in [3.8, 4) is 5.75 Å². The van der Waals surface area contributed by atoms with Crippen LogP contribution in [0.2, 0.25) is 0 Å². The fourth-order valence-electron chi connectivity index (χ4n) is 5.43. The average Bonchev–Trinajstić information content (AvgIpc) is 2.90. The van der Waals surface area contributed by atoms with Crippen molar-refractivity contribution in [1.82, 2.24) is 9.80 Å². The molecule has 1 aliphatic heterocycles. The normalized spacial score (nSPS) is 25.3. The Morgan fingerprint density at radius 1 is 1.13 bits per heavy atom. The zero-order valence-electron chi connectivity index (χ0n) is 24.1. The van der Waals surface area contributed by atoms with Gasteiger partial charge in [-0.2, -0.15) is 0 Å². The summed E-state index contributed by atoms with van der Waals surface area (Å²) in [6, 6.07) is 4.98. The van der Waals surface area contributed by atoms with Crippen LogP contribution in [0.4, 0.5) is 5.69 Å². The number of aliphatic hydroxyl groups is 1. The lowest BCUT2D eigenvalue weighted by Gasteiger charge is -2.35. The van der Waals surface area contributed by atoms with E-state index in [0.29, 0.717) is 30.2 Å². The third kappa shape index (κ3) is 8.68. The van der Waals surface area contributed by atoms with Gasteiger partial charge in [0.2, 0.25) is 5.91 Å². The Labute approximate surface area is 229 Å². The third-order valence-electron chi connectivity index (χ3n) is 7.84. The van der Waals surface area contributed by atoms with Crippen LogP contribution in [0.25, 0.3) is 0 Å². The number of fused-ring (bicyclic) bond motifs is 1. The number of rotatable bonds is 6. The molecule has 38 heavy (non-hydrogen) atoms. The summed E-state index contributed by atoms with van der Waals surface area (Å²) in [6.45, 7) is 7.68. The molecule has 1 heterocycles. The minimum Gasteiger partial charge on any atom is -0.490 e. The Kier molecular flexibility index (Phi) is 11.9. The molecule has 0 unspecified atom stereocenters. The number of hydrogen-bond donors (Lipinski definition) is 2. The van der Waals surface area contributed by atoms with Gasteiger partial charge in [-0.25, -0.2) is 0 Å². The first kappa shape index (κ1) is 30.4. The average molecular weight is 532 g/mol. The molecule has 0 bridgehead atoms. The molecule has 0 spiro atoms. The second-order valence-electron chi connectivity index (χ2n) is 11.6. The molecule has 2 aliphatic rings. The van der Waals surface area contributed by atoms with Gasteiger partial charge < -0.3 is 29.7 Å². The highest BCUT2D eigenvalue weighted by Crippen LogP contribution is 2.30. The Morgan fingerprint density at radius 2 is 1.84 bits per heavy atom. The van der Waals surface area contributed by atoms with E-state index in [1.165, 1.54) is 6.42 Å². The van der Waals surface area contributed by atoms with Crippen LogP contribution in [0.1, 0.15) is 82.5 Å². The van der Waals surface area contributed by atoms with Gasteiger partial charge in [0.15, 0.2) is 0 Å². The molecule has 1 aromatic carbocycles. The highest BCUT2D eigenvalue weighted by atomic mass is 16.5. The fourth-order valence-corrected chi connectivity index (χ4v) is 5.43. The van der Waals surface area contributed by atoms with Crippen LogP contribution >= 0.6 is 0 Å². The number of benzene rings is 1. The molecule has 2 amide bonds. The number of ether oxygens (including phenoxy) is 2. The van der Waals surface area contributed by atoms with Crippen molar-refractivity contribution in [2.24, 2.45) is 11.8 Å². The van der Waals surface area contributed by atoms with Gasteiger partial charge in [0.25, 0.3) is 5.91 Å².